The molecule has 1 aliphatic rings. The van der Waals surface area contributed by atoms with Crippen LogP contribution in [0, 0.1) is 0 Å². The van der Waals surface area contributed by atoms with E-state index < -0.39 is 0 Å². The SMILES string of the molecule is O=C1OCCC1NCc1ccc(Br)cc1. The topological polar surface area (TPSA) is 38.3 Å². The second-order valence-electron chi connectivity index (χ2n) is 3.52. The number of cyclic esters (lactones) is 1. The van der Waals surface area contributed by atoms with E-state index in [1.54, 1.807) is 0 Å². The quantitative estimate of drug-likeness (QED) is 0.852. The summed E-state index contributed by atoms with van der Waals surface area (Å²) in [7, 11) is 0. The van der Waals surface area contributed by atoms with Crippen LogP contribution in [0.2, 0.25) is 0 Å². The van der Waals surface area contributed by atoms with Crippen LogP contribution in [-0.4, -0.2) is 18.6 Å². The van der Waals surface area contributed by atoms with E-state index in [0.717, 1.165) is 16.5 Å². The Morgan fingerprint density at radius 2 is 2.13 bits per heavy atom. The number of hydrogen-bond donors (Lipinski definition) is 1. The van der Waals surface area contributed by atoms with Crippen molar-refractivity contribution in [3.8, 4) is 0 Å². The van der Waals surface area contributed by atoms with Crippen LogP contribution in [0.5, 0.6) is 0 Å². The van der Waals surface area contributed by atoms with Crippen LogP contribution in [0.1, 0.15) is 12.0 Å². The van der Waals surface area contributed by atoms with Gasteiger partial charge in [0.05, 0.1) is 6.61 Å². The standard InChI is InChI=1S/C11H12BrNO2/c12-9-3-1-8(2-4-9)7-13-10-5-6-15-11(10)14/h1-4,10,13H,5-7H2. The van der Waals surface area contributed by atoms with Crippen LogP contribution in [0.3, 0.4) is 0 Å². The minimum atomic E-state index is -0.132. The van der Waals surface area contributed by atoms with E-state index in [1.165, 1.54) is 0 Å². The van der Waals surface area contributed by atoms with Gasteiger partial charge in [-0.25, -0.2) is 0 Å². The summed E-state index contributed by atoms with van der Waals surface area (Å²) in [5, 5.41) is 3.18. The molecule has 1 atom stereocenters. The van der Waals surface area contributed by atoms with E-state index in [1.807, 2.05) is 24.3 Å². The second kappa shape index (κ2) is 4.77. The van der Waals surface area contributed by atoms with Crippen molar-refractivity contribution in [1.82, 2.24) is 5.32 Å². The smallest absolute Gasteiger partial charge is 0.323 e. The summed E-state index contributed by atoms with van der Waals surface area (Å²) in [6, 6.07) is 7.90. The molecule has 0 spiro atoms. The number of nitrogens with one attached hydrogen (secondary N) is 1. The summed E-state index contributed by atoms with van der Waals surface area (Å²) in [5.41, 5.74) is 1.16. The van der Waals surface area contributed by atoms with E-state index in [9.17, 15) is 4.79 Å². The van der Waals surface area contributed by atoms with Crippen molar-refractivity contribution in [3.63, 3.8) is 0 Å². The number of benzene rings is 1. The van der Waals surface area contributed by atoms with Crippen LogP contribution in [0.25, 0.3) is 0 Å². The molecular formula is C11H12BrNO2. The van der Waals surface area contributed by atoms with Gasteiger partial charge in [-0.05, 0) is 17.7 Å². The van der Waals surface area contributed by atoms with Gasteiger partial charge in [-0.3, -0.25) is 4.79 Å². The minimum absolute atomic E-state index is 0.131. The van der Waals surface area contributed by atoms with Gasteiger partial charge in [0.15, 0.2) is 0 Å². The lowest BCUT2D eigenvalue weighted by Crippen LogP contribution is -2.32. The van der Waals surface area contributed by atoms with Gasteiger partial charge < -0.3 is 10.1 Å². The maximum Gasteiger partial charge on any atom is 0.323 e. The maximum absolute atomic E-state index is 11.2. The second-order valence-corrected chi connectivity index (χ2v) is 4.43. The largest absolute Gasteiger partial charge is 0.464 e. The molecule has 1 fully saturated rings. The summed E-state index contributed by atoms with van der Waals surface area (Å²) in [5.74, 6) is -0.132. The summed E-state index contributed by atoms with van der Waals surface area (Å²) < 4.78 is 5.93. The predicted octanol–water partition coefficient (Wildman–Crippen LogP) is 1.85. The van der Waals surface area contributed by atoms with E-state index in [2.05, 4.69) is 21.2 Å². The molecule has 0 amide bonds. The fraction of sp³-hybridized carbons (Fsp3) is 0.364. The molecule has 0 aliphatic carbocycles. The molecule has 0 aromatic heterocycles. The molecule has 1 aromatic rings. The third-order valence-electron chi connectivity index (χ3n) is 2.40. The normalized spacial score (nSPS) is 20.3. The number of rotatable bonds is 3. The average Bonchev–Trinajstić information content (AvgIpc) is 2.63. The van der Waals surface area contributed by atoms with Gasteiger partial charge >= 0.3 is 5.97 Å². The number of carbonyl (C=O) groups is 1. The fourth-order valence-corrected chi connectivity index (χ4v) is 1.79. The summed E-state index contributed by atoms with van der Waals surface area (Å²) in [4.78, 5) is 11.2. The third kappa shape index (κ3) is 2.79. The minimum Gasteiger partial charge on any atom is -0.464 e. The van der Waals surface area contributed by atoms with Gasteiger partial charge in [0.2, 0.25) is 0 Å². The third-order valence-corrected chi connectivity index (χ3v) is 2.93. The van der Waals surface area contributed by atoms with Crippen molar-refractivity contribution >= 4 is 21.9 Å². The molecule has 1 saturated heterocycles. The highest BCUT2D eigenvalue weighted by atomic mass is 79.9. The van der Waals surface area contributed by atoms with Crippen molar-refractivity contribution < 1.29 is 9.53 Å². The number of esters is 1. The highest BCUT2D eigenvalue weighted by Crippen LogP contribution is 2.11. The molecule has 1 aliphatic heterocycles. The zero-order chi connectivity index (χ0) is 10.7. The monoisotopic (exact) mass is 269 g/mol. The molecule has 0 radical (unpaired) electrons. The van der Waals surface area contributed by atoms with Crippen molar-refractivity contribution in [2.75, 3.05) is 6.61 Å². The van der Waals surface area contributed by atoms with Crippen molar-refractivity contribution in [2.24, 2.45) is 0 Å². The van der Waals surface area contributed by atoms with Gasteiger partial charge in [-0.2, -0.15) is 0 Å². The summed E-state index contributed by atoms with van der Waals surface area (Å²) >= 11 is 3.38. The van der Waals surface area contributed by atoms with Crippen molar-refractivity contribution in [1.29, 1.82) is 0 Å². The van der Waals surface area contributed by atoms with Crippen molar-refractivity contribution in [3.05, 3.63) is 34.3 Å². The molecular weight excluding hydrogens is 258 g/mol. The Kier molecular flexibility index (Phi) is 3.38. The molecule has 2 rings (SSSR count). The van der Waals surface area contributed by atoms with Crippen LogP contribution >= 0.6 is 15.9 Å². The van der Waals surface area contributed by atoms with Crippen LogP contribution < -0.4 is 5.32 Å². The highest BCUT2D eigenvalue weighted by Gasteiger charge is 2.25. The molecule has 3 nitrogen and oxygen atoms in total. The summed E-state index contributed by atoms with van der Waals surface area (Å²) in [6.07, 6.45) is 0.773. The van der Waals surface area contributed by atoms with E-state index in [0.29, 0.717) is 13.2 Å². The van der Waals surface area contributed by atoms with Gasteiger partial charge in [-0.15, -0.1) is 0 Å². The lowest BCUT2D eigenvalue weighted by Gasteiger charge is -2.08. The molecule has 4 heteroatoms. The zero-order valence-corrected chi connectivity index (χ0v) is 9.79. The molecule has 80 valence electrons. The van der Waals surface area contributed by atoms with E-state index in [-0.39, 0.29) is 12.0 Å². The van der Waals surface area contributed by atoms with Crippen LogP contribution in [0.15, 0.2) is 28.7 Å². The van der Waals surface area contributed by atoms with Gasteiger partial charge in [0, 0.05) is 17.4 Å². The Labute approximate surface area is 96.9 Å². The Morgan fingerprint density at radius 3 is 2.73 bits per heavy atom. The van der Waals surface area contributed by atoms with E-state index >= 15 is 0 Å². The van der Waals surface area contributed by atoms with E-state index in [4.69, 9.17) is 4.74 Å². The summed E-state index contributed by atoms with van der Waals surface area (Å²) in [6.45, 7) is 1.24. The molecule has 15 heavy (non-hydrogen) atoms. The highest BCUT2D eigenvalue weighted by molar-refractivity contribution is 9.10. The van der Waals surface area contributed by atoms with Gasteiger partial charge in [0.1, 0.15) is 6.04 Å². The first-order chi connectivity index (χ1) is 7.25. The maximum atomic E-state index is 11.2. The lowest BCUT2D eigenvalue weighted by molar-refractivity contribution is -0.139. The fourth-order valence-electron chi connectivity index (χ4n) is 1.52. The van der Waals surface area contributed by atoms with Gasteiger partial charge in [0.25, 0.3) is 0 Å². The zero-order valence-electron chi connectivity index (χ0n) is 8.20. The molecule has 1 N–H and O–H groups in total. The first-order valence-electron chi connectivity index (χ1n) is 4.90. The van der Waals surface area contributed by atoms with Gasteiger partial charge in [-0.1, -0.05) is 28.1 Å². The Balaban J connectivity index is 1.87. The average molecular weight is 270 g/mol. The molecule has 0 saturated carbocycles. The number of ether oxygens (including phenoxy) is 1. The molecule has 1 unspecified atom stereocenters. The molecule has 0 bridgehead atoms. The Bertz CT molecular complexity index is 350. The first kappa shape index (κ1) is 10.6. The van der Waals surface area contributed by atoms with Crippen LogP contribution in [0.4, 0.5) is 0 Å². The predicted molar refractivity (Wildman–Crippen MR) is 60.3 cm³/mol. The number of hydrogen-bond acceptors (Lipinski definition) is 3. The molecule has 1 aromatic carbocycles. The number of halogens is 1. The molecule has 1 heterocycles. The Hall–Kier alpha value is -0.870. The van der Waals surface area contributed by atoms with Crippen LogP contribution in [-0.2, 0) is 16.1 Å². The Morgan fingerprint density at radius 1 is 1.40 bits per heavy atom. The number of carbonyl (C=O) groups excluding carboxylic acids is 1. The van der Waals surface area contributed by atoms with Crippen molar-refractivity contribution in [2.45, 2.75) is 19.0 Å². The lowest BCUT2D eigenvalue weighted by atomic mass is 10.2. The first-order valence-corrected chi connectivity index (χ1v) is 5.69.